The summed E-state index contributed by atoms with van der Waals surface area (Å²) in [5.41, 5.74) is 1.82. The lowest BCUT2D eigenvalue weighted by molar-refractivity contribution is 0.275. The normalized spacial score (nSPS) is 17.9. The number of rotatable bonds is 6. The average molecular weight is 332 g/mol. The van der Waals surface area contributed by atoms with Crippen LogP contribution < -0.4 is 10.1 Å². The predicted octanol–water partition coefficient (Wildman–Crippen LogP) is 3.96. The zero-order valence-corrected chi connectivity index (χ0v) is 13.9. The van der Waals surface area contributed by atoms with Crippen molar-refractivity contribution in [3.63, 3.8) is 0 Å². The van der Waals surface area contributed by atoms with Crippen LogP contribution in [0.15, 0.2) is 36.4 Å². The molecule has 23 heavy (non-hydrogen) atoms. The fourth-order valence-corrected chi connectivity index (χ4v) is 3.03. The van der Waals surface area contributed by atoms with Gasteiger partial charge in [0, 0.05) is 5.56 Å². The average Bonchev–Trinajstić information content (AvgIpc) is 2.61. The third-order valence-electron chi connectivity index (χ3n) is 4.21. The molecule has 2 heterocycles. The molecule has 2 aromatic rings. The van der Waals surface area contributed by atoms with Crippen molar-refractivity contribution in [3.05, 3.63) is 41.6 Å². The van der Waals surface area contributed by atoms with Gasteiger partial charge in [-0.25, -0.2) is 0 Å². The van der Waals surface area contributed by atoms with Gasteiger partial charge in [0.2, 0.25) is 0 Å². The number of benzene rings is 1. The Morgan fingerprint density at radius 2 is 2.00 bits per heavy atom. The molecule has 1 aliphatic rings. The van der Waals surface area contributed by atoms with E-state index in [0.29, 0.717) is 5.15 Å². The van der Waals surface area contributed by atoms with E-state index in [1.54, 1.807) is 6.07 Å². The fraction of sp³-hybridized carbons (Fsp3) is 0.444. The molecule has 0 spiro atoms. The van der Waals surface area contributed by atoms with Crippen molar-refractivity contribution < 1.29 is 4.74 Å². The van der Waals surface area contributed by atoms with Gasteiger partial charge in [0.25, 0.3) is 0 Å². The third kappa shape index (κ3) is 4.91. The maximum Gasteiger partial charge on any atom is 0.151 e. The van der Waals surface area contributed by atoms with Crippen LogP contribution in [-0.4, -0.2) is 29.9 Å². The molecule has 1 N–H and O–H groups in total. The van der Waals surface area contributed by atoms with Gasteiger partial charge < -0.3 is 10.1 Å². The van der Waals surface area contributed by atoms with Gasteiger partial charge in [0.1, 0.15) is 5.75 Å². The Kier molecular flexibility index (Phi) is 5.83. The Balaban J connectivity index is 1.45. The number of nitrogens with one attached hydrogen (secondary N) is 1. The van der Waals surface area contributed by atoms with Crippen molar-refractivity contribution >= 4 is 11.6 Å². The first-order valence-corrected chi connectivity index (χ1v) is 8.62. The van der Waals surface area contributed by atoms with Crippen LogP contribution in [0.3, 0.4) is 0 Å². The van der Waals surface area contributed by atoms with Crippen LogP contribution in [0.25, 0.3) is 11.3 Å². The first-order valence-electron chi connectivity index (χ1n) is 8.24. The van der Waals surface area contributed by atoms with Gasteiger partial charge in [-0.3, -0.25) is 0 Å². The minimum Gasteiger partial charge on any atom is -0.494 e. The van der Waals surface area contributed by atoms with Crippen molar-refractivity contribution in [1.29, 1.82) is 0 Å². The second-order valence-electron chi connectivity index (χ2n) is 5.97. The number of hydrogen-bond acceptors (Lipinski definition) is 4. The summed E-state index contributed by atoms with van der Waals surface area (Å²) in [4.78, 5) is 0. The van der Waals surface area contributed by atoms with Gasteiger partial charge in [0.05, 0.1) is 12.3 Å². The number of nitrogens with zero attached hydrogens (tertiary/aromatic N) is 2. The van der Waals surface area contributed by atoms with Crippen LogP contribution >= 0.6 is 11.6 Å². The van der Waals surface area contributed by atoms with Crippen LogP contribution in [0, 0.1) is 5.92 Å². The summed E-state index contributed by atoms with van der Waals surface area (Å²) < 4.78 is 5.83. The standard InChI is InChI=1S/C18H22ClN3O/c19-18-10-9-17(21-22-18)15-5-7-16(8-6-15)23-12-2-4-14-3-1-11-20-13-14/h5-10,14,20H,1-4,11-13H2. The van der Waals surface area contributed by atoms with E-state index in [0.717, 1.165) is 42.5 Å². The zero-order valence-electron chi connectivity index (χ0n) is 13.2. The second-order valence-corrected chi connectivity index (χ2v) is 6.36. The molecule has 0 amide bonds. The van der Waals surface area contributed by atoms with Crippen molar-refractivity contribution in [2.75, 3.05) is 19.7 Å². The molecule has 0 saturated carbocycles. The largest absolute Gasteiger partial charge is 0.494 e. The molecule has 4 nitrogen and oxygen atoms in total. The molecular weight excluding hydrogens is 310 g/mol. The number of hydrogen-bond donors (Lipinski definition) is 1. The maximum absolute atomic E-state index is 5.83. The molecule has 1 unspecified atom stereocenters. The van der Waals surface area contributed by atoms with Gasteiger partial charge in [-0.05, 0) is 81.1 Å². The molecule has 1 atom stereocenters. The minimum absolute atomic E-state index is 0.405. The van der Waals surface area contributed by atoms with E-state index >= 15 is 0 Å². The molecule has 5 heteroatoms. The molecule has 0 aliphatic carbocycles. The predicted molar refractivity (Wildman–Crippen MR) is 92.8 cm³/mol. The minimum atomic E-state index is 0.405. The van der Waals surface area contributed by atoms with Gasteiger partial charge >= 0.3 is 0 Å². The Morgan fingerprint density at radius 3 is 2.70 bits per heavy atom. The zero-order chi connectivity index (χ0) is 15.9. The van der Waals surface area contributed by atoms with E-state index in [4.69, 9.17) is 16.3 Å². The summed E-state index contributed by atoms with van der Waals surface area (Å²) in [6, 6.07) is 11.6. The highest BCUT2D eigenvalue weighted by Gasteiger charge is 2.12. The van der Waals surface area contributed by atoms with Crippen molar-refractivity contribution in [2.45, 2.75) is 25.7 Å². The SMILES string of the molecule is Clc1ccc(-c2ccc(OCCCC3CCCNC3)cc2)nn1. The van der Waals surface area contributed by atoms with Gasteiger partial charge in [-0.1, -0.05) is 11.6 Å². The first kappa shape index (κ1) is 16.2. The molecule has 1 saturated heterocycles. The molecule has 0 bridgehead atoms. The highest BCUT2D eigenvalue weighted by atomic mass is 35.5. The van der Waals surface area contributed by atoms with Gasteiger partial charge in [-0.2, -0.15) is 0 Å². The van der Waals surface area contributed by atoms with Gasteiger partial charge in [0.15, 0.2) is 5.15 Å². The van der Waals surface area contributed by atoms with Crippen molar-refractivity contribution in [2.24, 2.45) is 5.92 Å². The number of aromatic nitrogens is 2. The Hall–Kier alpha value is -1.65. The maximum atomic E-state index is 5.83. The van der Waals surface area contributed by atoms with E-state index < -0.39 is 0 Å². The molecule has 1 aromatic carbocycles. The van der Waals surface area contributed by atoms with E-state index in [2.05, 4.69) is 15.5 Å². The van der Waals surface area contributed by atoms with E-state index in [9.17, 15) is 0 Å². The second kappa shape index (κ2) is 8.27. The molecule has 1 fully saturated rings. The summed E-state index contributed by atoms with van der Waals surface area (Å²) in [6.45, 7) is 3.12. The molecule has 1 aliphatic heterocycles. The molecule has 122 valence electrons. The van der Waals surface area contributed by atoms with Crippen LogP contribution in [0.4, 0.5) is 0 Å². The summed E-state index contributed by atoms with van der Waals surface area (Å²) in [5.74, 6) is 1.72. The quantitative estimate of drug-likeness (QED) is 0.814. The summed E-state index contributed by atoms with van der Waals surface area (Å²) >= 11 is 5.75. The summed E-state index contributed by atoms with van der Waals surface area (Å²) in [6.07, 6.45) is 5.01. The van der Waals surface area contributed by atoms with E-state index in [1.807, 2.05) is 30.3 Å². The van der Waals surface area contributed by atoms with Crippen LogP contribution in [0.5, 0.6) is 5.75 Å². The van der Waals surface area contributed by atoms with E-state index in [1.165, 1.54) is 25.8 Å². The van der Waals surface area contributed by atoms with Crippen molar-refractivity contribution in [3.8, 4) is 17.0 Å². The summed E-state index contributed by atoms with van der Waals surface area (Å²) in [5, 5.41) is 11.8. The van der Waals surface area contributed by atoms with Crippen LogP contribution in [0.1, 0.15) is 25.7 Å². The number of halogens is 1. The highest BCUT2D eigenvalue weighted by molar-refractivity contribution is 6.29. The topological polar surface area (TPSA) is 47.0 Å². The third-order valence-corrected chi connectivity index (χ3v) is 4.41. The van der Waals surface area contributed by atoms with Crippen molar-refractivity contribution in [1.82, 2.24) is 15.5 Å². The Bertz CT molecular complexity index is 595. The lowest BCUT2D eigenvalue weighted by Gasteiger charge is -2.22. The monoisotopic (exact) mass is 331 g/mol. The highest BCUT2D eigenvalue weighted by Crippen LogP contribution is 2.21. The summed E-state index contributed by atoms with van der Waals surface area (Å²) in [7, 11) is 0. The first-order chi connectivity index (χ1) is 11.3. The lowest BCUT2D eigenvalue weighted by atomic mass is 9.95. The van der Waals surface area contributed by atoms with Gasteiger partial charge in [-0.15, -0.1) is 10.2 Å². The Morgan fingerprint density at radius 1 is 1.13 bits per heavy atom. The van der Waals surface area contributed by atoms with E-state index in [-0.39, 0.29) is 0 Å². The fourth-order valence-electron chi connectivity index (χ4n) is 2.92. The molecule has 3 rings (SSSR count). The Labute approximate surface area is 142 Å². The molecule has 1 aromatic heterocycles. The number of ether oxygens (including phenoxy) is 1. The smallest absolute Gasteiger partial charge is 0.151 e. The molecular formula is C18H22ClN3O. The van der Waals surface area contributed by atoms with Crippen LogP contribution in [0.2, 0.25) is 5.15 Å². The van der Waals surface area contributed by atoms with Crippen LogP contribution in [-0.2, 0) is 0 Å². The lowest BCUT2D eigenvalue weighted by Crippen LogP contribution is -2.29. The molecule has 0 radical (unpaired) electrons. The number of piperidine rings is 1.